The monoisotopic (exact) mass is 350 g/mol. The van der Waals surface area contributed by atoms with Crippen LogP contribution in [0.4, 0.5) is 0 Å². The quantitative estimate of drug-likeness (QED) is 0.898. The molecule has 0 bridgehead atoms. The van der Waals surface area contributed by atoms with Gasteiger partial charge in [-0.2, -0.15) is 0 Å². The molecule has 1 atom stereocenters. The van der Waals surface area contributed by atoms with Gasteiger partial charge in [0.25, 0.3) is 0 Å². The first-order valence-corrected chi connectivity index (χ1v) is 10.6. The van der Waals surface area contributed by atoms with Crippen molar-refractivity contribution in [2.75, 3.05) is 18.1 Å². The lowest BCUT2D eigenvalue weighted by Crippen LogP contribution is -2.52. The van der Waals surface area contributed by atoms with Crippen LogP contribution in [0.5, 0.6) is 0 Å². The van der Waals surface area contributed by atoms with Gasteiger partial charge in [0.1, 0.15) is 9.84 Å². The lowest BCUT2D eigenvalue weighted by atomic mass is 9.99. The predicted molar refractivity (Wildman–Crippen MR) is 94.3 cm³/mol. The number of benzene rings is 1. The zero-order valence-corrected chi connectivity index (χ0v) is 14.8. The van der Waals surface area contributed by atoms with E-state index in [1.807, 2.05) is 18.2 Å². The van der Waals surface area contributed by atoms with E-state index in [1.54, 1.807) is 0 Å². The smallest absolute Gasteiger partial charge is 0.237 e. The molecule has 1 aromatic carbocycles. The van der Waals surface area contributed by atoms with Crippen LogP contribution in [0.25, 0.3) is 0 Å². The summed E-state index contributed by atoms with van der Waals surface area (Å²) in [6.07, 6.45) is 4.16. The van der Waals surface area contributed by atoms with E-state index in [0.717, 1.165) is 32.4 Å². The van der Waals surface area contributed by atoms with Crippen LogP contribution < -0.4 is 5.32 Å². The summed E-state index contributed by atoms with van der Waals surface area (Å²) in [5.41, 5.74) is 1.22. The Balaban J connectivity index is 1.59. The van der Waals surface area contributed by atoms with Gasteiger partial charge in [0.15, 0.2) is 0 Å². The van der Waals surface area contributed by atoms with Crippen molar-refractivity contribution in [3.63, 3.8) is 0 Å². The molecule has 5 nitrogen and oxygen atoms in total. The largest absolute Gasteiger partial charge is 0.352 e. The van der Waals surface area contributed by atoms with Crippen LogP contribution in [0.1, 0.15) is 37.7 Å². The average molecular weight is 350 g/mol. The Morgan fingerprint density at radius 2 is 1.79 bits per heavy atom. The van der Waals surface area contributed by atoms with Gasteiger partial charge in [-0.1, -0.05) is 36.8 Å². The fourth-order valence-corrected chi connectivity index (χ4v) is 5.12. The van der Waals surface area contributed by atoms with E-state index >= 15 is 0 Å². The van der Waals surface area contributed by atoms with Crippen molar-refractivity contribution in [2.45, 2.75) is 50.7 Å². The third-order valence-electron chi connectivity index (χ3n) is 5.05. The number of nitrogens with one attached hydrogen (secondary N) is 1. The van der Waals surface area contributed by atoms with Crippen molar-refractivity contribution in [1.82, 2.24) is 10.2 Å². The van der Waals surface area contributed by atoms with Gasteiger partial charge in [0.05, 0.1) is 17.5 Å². The number of hydrogen-bond acceptors (Lipinski definition) is 4. The summed E-state index contributed by atoms with van der Waals surface area (Å²) in [6.45, 7) is 1.73. The standard InChI is InChI=1S/C18H26N2O3S/c21-18(19-16-9-12-24(22,23)13-10-16)17-8-4-5-11-20(17)14-15-6-2-1-3-7-15/h1-3,6-7,16-17H,4-5,8-14H2,(H,19,21)/t17-/m1/s1. The first-order valence-electron chi connectivity index (χ1n) is 8.82. The predicted octanol–water partition coefficient (Wildman–Crippen LogP) is 1.73. The number of likely N-dealkylation sites (tertiary alicyclic amines) is 1. The van der Waals surface area contributed by atoms with Crippen molar-refractivity contribution < 1.29 is 13.2 Å². The molecule has 0 spiro atoms. The maximum atomic E-state index is 12.7. The van der Waals surface area contributed by atoms with Crippen LogP contribution in [0, 0.1) is 0 Å². The van der Waals surface area contributed by atoms with Crippen molar-refractivity contribution in [1.29, 1.82) is 0 Å². The minimum absolute atomic E-state index is 0.00141. The molecule has 1 aromatic rings. The summed E-state index contributed by atoms with van der Waals surface area (Å²) in [5.74, 6) is 0.446. The maximum Gasteiger partial charge on any atom is 0.237 e. The average Bonchev–Trinajstić information content (AvgIpc) is 2.58. The van der Waals surface area contributed by atoms with Crippen LogP contribution in [0.3, 0.4) is 0 Å². The van der Waals surface area contributed by atoms with Gasteiger partial charge in [0.2, 0.25) is 5.91 Å². The molecule has 0 radical (unpaired) electrons. The Labute approximate surface area is 144 Å². The highest BCUT2D eigenvalue weighted by atomic mass is 32.2. The third-order valence-corrected chi connectivity index (χ3v) is 6.76. The Morgan fingerprint density at radius 3 is 2.50 bits per heavy atom. The number of carbonyl (C=O) groups excluding carboxylic acids is 1. The van der Waals surface area contributed by atoms with Crippen molar-refractivity contribution in [2.24, 2.45) is 0 Å². The van der Waals surface area contributed by atoms with Crippen LogP contribution >= 0.6 is 0 Å². The number of piperidine rings is 1. The molecule has 1 N–H and O–H groups in total. The summed E-state index contributed by atoms with van der Waals surface area (Å²) in [6, 6.07) is 10.1. The van der Waals surface area contributed by atoms with Crippen LogP contribution in [0.15, 0.2) is 30.3 Å². The van der Waals surface area contributed by atoms with Crippen molar-refractivity contribution in [3.8, 4) is 0 Å². The van der Waals surface area contributed by atoms with E-state index in [-0.39, 0.29) is 29.5 Å². The molecule has 2 saturated heterocycles. The SMILES string of the molecule is O=C(NC1CCS(=O)(=O)CC1)[C@H]1CCCCN1Cc1ccccc1. The highest BCUT2D eigenvalue weighted by Crippen LogP contribution is 2.21. The van der Waals surface area contributed by atoms with Crippen LogP contribution in [0.2, 0.25) is 0 Å². The number of carbonyl (C=O) groups is 1. The minimum Gasteiger partial charge on any atom is -0.352 e. The van der Waals surface area contributed by atoms with Crippen LogP contribution in [-0.2, 0) is 21.2 Å². The second-order valence-electron chi connectivity index (χ2n) is 6.90. The Morgan fingerprint density at radius 1 is 1.08 bits per heavy atom. The highest BCUT2D eigenvalue weighted by molar-refractivity contribution is 7.91. The zero-order chi connectivity index (χ0) is 17.0. The molecule has 2 aliphatic rings. The maximum absolute atomic E-state index is 12.7. The van der Waals surface area contributed by atoms with E-state index in [9.17, 15) is 13.2 Å². The highest BCUT2D eigenvalue weighted by Gasteiger charge is 2.31. The summed E-state index contributed by atoms with van der Waals surface area (Å²) < 4.78 is 23.0. The minimum atomic E-state index is -2.89. The van der Waals surface area contributed by atoms with Crippen molar-refractivity contribution >= 4 is 15.7 Å². The first-order chi connectivity index (χ1) is 11.5. The van der Waals surface area contributed by atoms with E-state index in [0.29, 0.717) is 12.8 Å². The topological polar surface area (TPSA) is 66.5 Å². The molecule has 0 aliphatic carbocycles. The number of amides is 1. The van der Waals surface area contributed by atoms with E-state index in [1.165, 1.54) is 5.56 Å². The summed E-state index contributed by atoms with van der Waals surface area (Å²) >= 11 is 0. The second kappa shape index (κ2) is 7.66. The fourth-order valence-electron chi connectivity index (χ4n) is 3.63. The molecule has 132 valence electrons. The van der Waals surface area contributed by atoms with Gasteiger partial charge in [-0.15, -0.1) is 0 Å². The normalized spacial score (nSPS) is 25.2. The third kappa shape index (κ3) is 4.57. The summed E-state index contributed by atoms with van der Waals surface area (Å²) in [4.78, 5) is 15.0. The molecule has 24 heavy (non-hydrogen) atoms. The molecule has 0 saturated carbocycles. The number of hydrogen-bond donors (Lipinski definition) is 1. The summed E-state index contributed by atoms with van der Waals surface area (Å²) in [5, 5.41) is 3.10. The molecule has 0 unspecified atom stereocenters. The number of rotatable bonds is 4. The summed E-state index contributed by atoms with van der Waals surface area (Å²) in [7, 11) is -2.89. The van der Waals surface area contributed by atoms with E-state index < -0.39 is 9.84 Å². The zero-order valence-electron chi connectivity index (χ0n) is 14.0. The second-order valence-corrected chi connectivity index (χ2v) is 9.21. The number of nitrogens with zero attached hydrogens (tertiary/aromatic N) is 1. The van der Waals surface area contributed by atoms with E-state index in [4.69, 9.17) is 0 Å². The Bertz CT molecular complexity index is 646. The molecule has 2 heterocycles. The van der Waals surface area contributed by atoms with Gasteiger partial charge >= 0.3 is 0 Å². The molecule has 6 heteroatoms. The first kappa shape index (κ1) is 17.4. The Kier molecular flexibility index (Phi) is 5.56. The molecule has 0 aromatic heterocycles. The van der Waals surface area contributed by atoms with Crippen LogP contribution in [-0.4, -0.2) is 49.4 Å². The molecule has 1 amide bonds. The lowest BCUT2D eigenvalue weighted by Gasteiger charge is -2.36. The van der Waals surface area contributed by atoms with Gasteiger partial charge in [-0.05, 0) is 37.8 Å². The fraction of sp³-hybridized carbons (Fsp3) is 0.611. The van der Waals surface area contributed by atoms with E-state index in [2.05, 4.69) is 22.3 Å². The Hall–Kier alpha value is -1.40. The molecular formula is C18H26N2O3S. The molecule has 3 rings (SSSR count). The molecule has 2 aliphatic heterocycles. The van der Waals surface area contributed by atoms with Crippen molar-refractivity contribution in [3.05, 3.63) is 35.9 Å². The van der Waals surface area contributed by atoms with Gasteiger partial charge < -0.3 is 5.32 Å². The lowest BCUT2D eigenvalue weighted by molar-refractivity contribution is -0.128. The van der Waals surface area contributed by atoms with Gasteiger partial charge in [-0.3, -0.25) is 9.69 Å². The van der Waals surface area contributed by atoms with Gasteiger partial charge in [-0.25, -0.2) is 8.42 Å². The molecule has 2 fully saturated rings. The van der Waals surface area contributed by atoms with Gasteiger partial charge in [0, 0.05) is 12.6 Å². The molecular weight excluding hydrogens is 324 g/mol. The number of sulfone groups is 1.